The molecular weight excluding hydrogens is 387 g/mol. The summed E-state index contributed by atoms with van der Waals surface area (Å²) in [7, 11) is 8.92. The van der Waals surface area contributed by atoms with Gasteiger partial charge in [0.05, 0.1) is 0 Å². The van der Waals surface area contributed by atoms with Gasteiger partial charge in [-0.05, 0) is 0 Å². The van der Waals surface area contributed by atoms with E-state index < -0.39 is 23.2 Å². The monoisotopic (exact) mass is 428 g/mol. The fourth-order valence-corrected chi connectivity index (χ4v) is 8.95. The van der Waals surface area contributed by atoms with Crippen LogP contribution in [0.25, 0.3) is 0 Å². The Kier molecular flexibility index (Phi) is 11.5. The van der Waals surface area contributed by atoms with Crippen LogP contribution < -0.4 is 0 Å². The van der Waals surface area contributed by atoms with Gasteiger partial charge in [-0.25, -0.2) is 0 Å². The van der Waals surface area contributed by atoms with Crippen molar-refractivity contribution < 1.29 is 0 Å². The van der Waals surface area contributed by atoms with Gasteiger partial charge in [-0.1, -0.05) is 0 Å². The molecule has 2 unspecified atom stereocenters. The molecule has 0 aromatic carbocycles. The van der Waals surface area contributed by atoms with Gasteiger partial charge in [0.1, 0.15) is 0 Å². The normalized spacial score (nSPS) is 20.5. The SMILES string of the molecule is CCC(CCN1C[CH2][InH][N](CCC(CC)N(C)C)CC1)N(C)C. The summed E-state index contributed by atoms with van der Waals surface area (Å²) in [5, 5.41) is 0. The quantitative estimate of drug-likeness (QED) is 0.527. The fourth-order valence-electron chi connectivity index (χ4n) is 3.79. The van der Waals surface area contributed by atoms with E-state index in [0.717, 1.165) is 12.1 Å². The molecule has 1 rings (SSSR count). The summed E-state index contributed by atoms with van der Waals surface area (Å²) >= 11 is -0.678. The van der Waals surface area contributed by atoms with Crippen molar-refractivity contribution >= 4 is 23.2 Å². The first-order valence-corrected chi connectivity index (χ1v) is 14.4. The van der Waals surface area contributed by atoms with Crippen molar-refractivity contribution in [2.75, 3.05) is 60.9 Å². The average molecular weight is 428 g/mol. The van der Waals surface area contributed by atoms with Crippen LogP contribution in [0.3, 0.4) is 0 Å². The molecule has 1 aliphatic rings. The second-order valence-electron chi connectivity index (χ2n) is 7.67. The van der Waals surface area contributed by atoms with Crippen molar-refractivity contribution in [3.05, 3.63) is 0 Å². The Labute approximate surface area is 157 Å². The Balaban J connectivity index is 2.30. The second-order valence-corrected chi connectivity index (χ2v) is 13.5. The summed E-state index contributed by atoms with van der Waals surface area (Å²) in [6, 6.07) is 1.52. The topological polar surface area (TPSA) is 13.0 Å². The minimum atomic E-state index is -0.678. The molecule has 0 saturated carbocycles. The van der Waals surface area contributed by atoms with Crippen LogP contribution in [-0.2, 0) is 0 Å². The van der Waals surface area contributed by atoms with Crippen molar-refractivity contribution in [1.29, 1.82) is 0 Å². The zero-order valence-electron chi connectivity index (χ0n) is 16.7. The van der Waals surface area contributed by atoms with Gasteiger partial charge in [0.25, 0.3) is 0 Å². The number of hydrogen-bond donors (Lipinski definition) is 0. The van der Waals surface area contributed by atoms with Gasteiger partial charge in [-0.3, -0.25) is 0 Å². The van der Waals surface area contributed by atoms with Crippen LogP contribution in [0.15, 0.2) is 0 Å². The first-order valence-electron chi connectivity index (χ1n) is 9.75. The summed E-state index contributed by atoms with van der Waals surface area (Å²) in [6.07, 6.45) is 5.25. The molecule has 1 saturated heterocycles. The fraction of sp³-hybridized carbons (Fsp3) is 1.00. The van der Waals surface area contributed by atoms with Crippen molar-refractivity contribution in [1.82, 2.24) is 17.6 Å². The van der Waals surface area contributed by atoms with Crippen LogP contribution in [0.5, 0.6) is 0 Å². The van der Waals surface area contributed by atoms with Crippen LogP contribution in [0.2, 0.25) is 4.18 Å². The third kappa shape index (κ3) is 8.57. The van der Waals surface area contributed by atoms with Gasteiger partial charge in [0.2, 0.25) is 0 Å². The summed E-state index contributed by atoms with van der Waals surface area (Å²) in [6.45, 7) is 11.3. The molecule has 0 bridgehead atoms. The molecule has 0 radical (unpaired) electrons. The average Bonchev–Trinajstić information content (AvgIpc) is 2.73. The van der Waals surface area contributed by atoms with E-state index in [4.69, 9.17) is 0 Å². The van der Waals surface area contributed by atoms with Gasteiger partial charge >= 0.3 is 157 Å². The molecule has 0 aromatic heterocycles. The minimum absolute atomic E-state index is 0.678. The molecule has 0 spiro atoms. The van der Waals surface area contributed by atoms with Crippen molar-refractivity contribution in [3.8, 4) is 0 Å². The first-order chi connectivity index (χ1) is 11.0. The second kappa shape index (κ2) is 12.1. The number of nitrogens with zero attached hydrogens (tertiary/aromatic N) is 4. The Morgan fingerprint density at radius 3 is 1.91 bits per heavy atom. The van der Waals surface area contributed by atoms with Gasteiger partial charge in [0, 0.05) is 0 Å². The molecule has 1 aliphatic heterocycles. The zero-order valence-corrected chi connectivity index (χ0v) is 20.8. The van der Waals surface area contributed by atoms with Crippen LogP contribution in [-0.4, -0.2) is 114 Å². The van der Waals surface area contributed by atoms with Crippen molar-refractivity contribution in [2.45, 2.75) is 55.8 Å². The van der Waals surface area contributed by atoms with Gasteiger partial charge in [-0.2, -0.15) is 0 Å². The van der Waals surface area contributed by atoms with Crippen LogP contribution in [0.4, 0.5) is 0 Å². The molecular formula is C18H41InN4. The molecule has 0 N–H and O–H groups in total. The maximum atomic E-state index is 2.90. The standard InChI is InChI=1S/C18H40N4.In.H/c1-8-17(20(4)5)11-13-19-14-16-22(10-3)15-12-18(9-2)21(6)7;;/h17-18H,3,8-16H2,1-2,4-7H3;;/q-1;+1;. The third-order valence-corrected chi connectivity index (χ3v) is 11.1. The van der Waals surface area contributed by atoms with E-state index >= 15 is 0 Å². The van der Waals surface area contributed by atoms with Crippen molar-refractivity contribution in [3.63, 3.8) is 0 Å². The van der Waals surface area contributed by atoms with E-state index in [0.29, 0.717) is 0 Å². The summed E-state index contributed by atoms with van der Waals surface area (Å²) < 4.78 is 4.44. The summed E-state index contributed by atoms with van der Waals surface area (Å²) in [5.74, 6) is 0. The molecule has 0 amide bonds. The Bertz CT molecular complexity index is 271. The maximum absolute atomic E-state index is 2.90. The summed E-state index contributed by atoms with van der Waals surface area (Å²) in [5.41, 5.74) is 0. The van der Waals surface area contributed by atoms with E-state index in [2.05, 4.69) is 59.6 Å². The Hall–Kier alpha value is 0.710. The molecule has 0 aromatic rings. The van der Waals surface area contributed by atoms with Gasteiger partial charge in [-0.15, -0.1) is 0 Å². The molecule has 1 fully saturated rings. The number of hydrogen-bond acceptors (Lipinski definition) is 4. The zero-order chi connectivity index (χ0) is 17.2. The number of rotatable bonds is 10. The van der Waals surface area contributed by atoms with E-state index in [9.17, 15) is 0 Å². The van der Waals surface area contributed by atoms with E-state index in [1.807, 2.05) is 0 Å². The van der Waals surface area contributed by atoms with E-state index in [1.165, 1.54) is 58.4 Å². The molecule has 4 nitrogen and oxygen atoms in total. The van der Waals surface area contributed by atoms with Gasteiger partial charge < -0.3 is 0 Å². The molecule has 23 heavy (non-hydrogen) atoms. The van der Waals surface area contributed by atoms with Crippen LogP contribution in [0, 0.1) is 0 Å². The predicted octanol–water partition coefficient (Wildman–Crippen LogP) is 1.83. The predicted molar refractivity (Wildman–Crippen MR) is 105 cm³/mol. The van der Waals surface area contributed by atoms with E-state index in [1.54, 1.807) is 4.18 Å². The summed E-state index contributed by atoms with van der Waals surface area (Å²) in [4.78, 5) is 7.55. The van der Waals surface area contributed by atoms with Crippen LogP contribution >= 0.6 is 0 Å². The molecule has 5 heteroatoms. The third-order valence-electron chi connectivity index (χ3n) is 5.64. The Morgan fingerprint density at radius 2 is 1.39 bits per heavy atom. The van der Waals surface area contributed by atoms with Crippen LogP contribution in [0.1, 0.15) is 39.5 Å². The van der Waals surface area contributed by atoms with Gasteiger partial charge in [0.15, 0.2) is 0 Å². The van der Waals surface area contributed by atoms with Crippen molar-refractivity contribution in [2.24, 2.45) is 0 Å². The molecule has 1 heterocycles. The molecule has 136 valence electrons. The van der Waals surface area contributed by atoms with E-state index in [-0.39, 0.29) is 0 Å². The first kappa shape index (κ1) is 21.8. The molecule has 0 aliphatic carbocycles. The molecule has 2 atom stereocenters. The Morgan fingerprint density at radius 1 is 0.826 bits per heavy atom.